The van der Waals surface area contributed by atoms with Gasteiger partial charge < -0.3 is 0 Å². The van der Waals surface area contributed by atoms with Gasteiger partial charge in [-0.05, 0) is 0 Å². The van der Waals surface area contributed by atoms with Gasteiger partial charge >= 0.3 is 0 Å². The molecule has 1 aliphatic heterocycles. The van der Waals surface area contributed by atoms with Crippen LogP contribution in [0.15, 0.2) is 16.8 Å². The lowest BCUT2D eigenvalue weighted by molar-refractivity contribution is 1.11. The van der Waals surface area contributed by atoms with Crippen molar-refractivity contribution in [2.24, 2.45) is 5.10 Å². The molecule has 0 fully saturated rings. The fraction of sp³-hybridized carbons (Fsp3) is 0. The van der Waals surface area contributed by atoms with Gasteiger partial charge in [0.05, 0.1) is 10.7 Å². The maximum Gasteiger partial charge on any atom is 0.279 e. The minimum atomic E-state index is 0.542. The van der Waals surface area contributed by atoms with E-state index in [4.69, 9.17) is 5.26 Å². The summed E-state index contributed by atoms with van der Waals surface area (Å²) in [4.78, 5) is 0. The molecule has 1 radical (unpaired) electrons. The minimum absolute atomic E-state index is 0.542. The Bertz CT molecular complexity index is 204. The predicted octanol–water partition coefficient (Wildman–Crippen LogP) is -0.158. The molecule has 0 saturated heterocycles. The van der Waals surface area contributed by atoms with E-state index in [0.717, 1.165) is 0 Å². The van der Waals surface area contributed by atoms with Crippen LogP contribution in [0.4, 0.5) is 0 Å². The summed E-state index contributed by atoms with van der Waals surface area (Å²) < 4.78 is 0. The average Bonchev–Trinajstić information content (AvgIpc) is 1.90. The topological polar surface area (TPSA) is 50.2 Å². The van der Waals surface area contributed by atoms with Crippen molar-refractivity contribution in [3.63, 3.8) is 0 Å². The second-order valence-corrected chi connectivity index (χ2v) is 1.24. The number of nitrogens with zero attached hydrogens (tertiary/aromatic N) is 3. The SMILES string of the molecule is N#CC1=CC=[N+]N=C1. The molecular formula is C5H3N3+. The molecule has 0 unspecified atom stereocenters. The number of hydrogen-bond acceptors (Lipinski definition) is 3. The van der Waals surface area contributed by atoms with Crippen molar-refractivity contribution in [3.05, 3.63) is 11.6 Å². The number of hydrogen-bond donors (Lipinski definition) is 0. The molecule has 0 amide bonds. The Labute approximate surface area is 46.7 Å². The lowest BCUT2D eigenvalue weighted by Crippen LogP contribution is -1.92. The van der Waals surface area contributed by atoms with Crippen LogP contribution in [0.3, 0.4) is 0 Å². The Kier molecular flexibility index (Phi) is 1.20. The monoisotopic (exact) mass is 105 g/mol. The lowest BCUT2D eigenvalue weighted by Gasteiger charge is -1.75. The smallest absolute Gasteiger partial charge is 0.192 e. The zero-order chi connectivity index (χ0) is 5.82. The molecule has 0 aromatic rings. The van der Waals surface area contributed by atoms with Crippen molar-refractivity contribution >= 4 is 12.4 Å². The van der Waals surface area contributed by atoms with Gasteiger partial charge in [0.2, 0.25) is 0 Å². The largest absolute Gasteiger partial charge is 0.279 e. The highest BCUT2D eigenvalue weighted by Gasteiger charge is 1.97. The molecule has 0 aromatic carbocycles. The second kappa shape index (κ2) is 2.03. The summed E-state index contributed by atoms with van der Waals surface area (Å²) in [5.74, 6) is 0. The first-order chi connectivity index (χ1) is 3.93. The molecule has 0 saturated carbocycles. The molecular weight excluding hydrogens is 102 g/mol. The van der Waals surface area contributed by atoms with Gasteiger partial charge in [-0.15, -0.1) is 0 Å². The maximum atomic E-state index is 8.22. The van der Waals surface area contributed by atoms with Crippen molar-refractivity contribution in [1.29, 1.82) is 5.26 Å². The molecule has 0 aromatic heterocycles. The van der Waals surface area contributed by atoms with Crippen molar-refractivity contribution in [1.82, 2.24) is 5.10 Å². The molecule has 37 valence electrons. The third-order valence-electron chi connectivity index (χ3n) is 0.713. The van der Waals surface area contributed by atoms with E-state index in [1.807, 2.05) is 6.07 Å². The van der Waals surface area contributed by atoms with Crippen molar-refractivity contribution < 1.29 is 0 Å². The second-order valence-electron chi connectivity index (χ2n) is 1.24. The van der Waals surface area contributed by atoms with E-state index in [-0.39, 0.29) is 0 Å². The summed E-state index contributed by atoms with van der Waals surface area (Å²) in [6, 6.07) is 1.92. The van der Waals surface area contributed by atoms with Crippen LogP contribution in [0.25, 0.3) is 0 Å². The summed E-state index contributed by atoms with van der Waals surface area (Å²) >= 11 is 0. The van der Waals surface area contributed by atoms with Gasteiger partial charge in [0.25, 0.3) is 6.21 Å². The highest BCUT2D eigenvalue weighted by molar-refractivity contribution is 5.92. The number of nitriles is 1. The number of allylic oxidation sites excluding steroid dienone is 2. The molecule has 0 N–H and O–H groups in total. The van der Waals surface area contributed by atoms with E-state index in [0.29, 0.717) is 5.57 Å². The lowest BCUT2D eigenvalue weighted by atomic mass is 10.3. The van der Waals surface area contributed by atoms with Crippen LogP contribution in [0.5, 0.6) is 0 Å². The summed E-state index contributed by atoms with van der Waals surface area (Å²) in [7, 11) is 0. The number of rotatable bonds is 0. The Hall–Kier alpha value is -1.43. The Morgan fingerprint density at radius 2 is 2.62 bits per heavy atom. The third-order valence-corrected chi connectivity index (χ3v) is 0.713. The van der Waals surface area contributed by atoms with E-state index in [1.54, 1.807) is 6.08 Å². The summed E-state index contributed by atoms with van der Waals surface area (Å²) in [5.41, 5.74) is 0.542. The summed E-state index contributed by atoms with van der Waals surface area (Å²) in [6.07, 6.45) is 4.51. The van der Waals surface area contributed by atoms with Gasteiger partial charge in [-0.1, -0.05) is 0 Å². The zero-order valence-corrected chi connectivity index (χ0v) is 4.07. The van der Waals surface area contributed by atoms with Crippen molar-refractivity contribution in [2.45, 2.75) is 0 Å². The first-order valence-corrected chi connectivity index (χ1v) is 2.10. The van der Waals surface area contributed by atoms with E-state index in [2.05, 4.69) is 10.2 Å². The maximum absolute atomic E-state index is 8.22. The van der Waals surface area contributed by atoms with Gasteiger partial charge in [-0.25, -0.2) is 0 Å². The van der Waals surface area contributed by atoms with Gasteiger partial charge in [0.15, 0.2) is 5.10 Å². The quantitative estimate of drug-likeness (QED) is 0.422. The van der Waals surface area contributed by atoms with Crippen LogP contribution in [-0.2, 0) is 0 Å². The van der Waals surface area contributed by atoms with Crippen LogP contribution in [-0.4, -0.2) is 12.4 Å². The molecule has 0 atom stereocenters. The standard InChI is InChI=1S/C5H3N3/c6-3-5-1-2-7-8-4-5/h1-2,4H/q+1. The van der Waals surface area contributed by atoms with Gasteiger partial charge in [-0.2, -0.15) is 5.26 Å². The molecule has 1 heterocycles. The first kappa shape index (κ1) is 4.72. The normalized spacial score (nSPS) is 15.1. The third kappa shape index (κ3) is 0.793. The van der Waals surface area contributed by atoms with Crippen molar-refractivity contribution in [2.75, 3.05) is 0 Å². The van der Waals surface area contributed by atoms with Crippen LogP contribution in [0, 0.1) is 11.3 Å². The summed E-state index contributed by atoms with van der Waals surface area (Å²) in [6.45, 7) is 0. The molecule has 3 nitrogen and oxygen atoms in total. The van der Waals surface area contributed by atoms with E-state index in [1.165, 1.54) is 12.4 Å². The molecule has 1 rings (SSSR count). The Balaban J connectivity index is 2.88. The van der Waals surface area contributed by atoms with Crippen LogP contribution >= 0.6 is 0 Å². The molecule has 0 spiro atoms. The predicted molar refractivity (Wildman–Crippen MR) is 30.4 cm³/mol. The molecule has 3 heteroatoms. The highest BCUT2D eigenvalue weighted by Crippen LogP contribution is 1.85. The fourth-order valence-electron chi connectivity index (χ4n) is 0.357. The van der Waals surface area contributed by atoms with Crippen LogP contribution in [0.2, 0.25) is 0 Å². The van der Waals surface area contributed by atoms with Gasteiger partial charge in [0.1, 0.15) is 12.3 Å². The Morgan fingerprint density at radius 3 is 3.00 bits per heavy atom. The van der Waals surface area contributed by atoms with Crippen LogP contribution in [0.1, 0.15) is 0 Å². The summed E-state index contributed by atoms with van der Waals surface area (Å²) in [5, 5.41) is 15.2. The van der Waals surface area contributed by atoms with E-state index < -0.39 is 0 Å². The van der Waals surface area contributed by atoms with E-state index >= 15 is 0 Å². The zero-order valence-electron chi connectivity index (χ0n) is 4.07. The van der Waals surface area contributed by atoms with Crippen LogP contribution < -0.4 is 5.10 Å². The molecule has 8 heavy (non-hydrogen) atoms. The Morgan fingerprint density at radius 1 is 1.75 bits per heavy atom. The first-order valence-electron chi connectivity index (χ1n) is 2.10. The minimum Gasteiger partial charge on any atom is -0.192 e. The molecule has 1 aliphatic rings. The van der Waals surface area contributed by atoms with Gasteiger partial charge in [0, 0.05) is 6.08 Å². The average molecular weight is 105 g/mol. The fourth-order valence-corrected chi connectivity index (χ4v) is 0.357. The van der Waals surface area contributed by atoms with E-state index in [9.17, 15) is 0 Å². The van der Waals surface area contributed by atoms with Crippen molar-refractivity contribution in [3.8, 4) is 6.07 Å². The van der Waals surface area contributed by atoms with Gasteiger partial charge in [-0.3, -0.25) is 0 Å². The molecule has 0 aliphatic carbocycles. The highest BCUT2D eigenvalue weighted by atomic mass is 15.2. The molecule has 0 bridgehead atoms.